The lowest BCUT2D eigenvalue weighted by molar-refractivity contribution is -0.193. The molecule has 1 aromatic carbocycles. The van der Waals surface area contributed by atoms with Crippen molar-refractivity contribution in [1.82, 2.24) is 9.97 Å². The highest BCUT2D eigenvalue weighted by atomic mass is 32.1. The van der Waals surface area contributed by atoms with Crippen LogP contribution in [0, 0.1) is 6.92 Å². The van der Waals surface area contributed by atoms with Crippen molar-refractivity contribution in [2.45, 2.75) is 18.8 Å². The van der Waals surface area contributed by atoms with Gasteiger partial charge in [-0.1, -0.05) is 23.5 Å². The molecular formula is C17H15F3N4O2S. The number of thiazole rings is 1. The number of carbonyl (C=O) groups is 1. The number of carbonyl (C=O) groups excluding carboxylic acids is 1. The van der Waals surface area contributed by atoms with E-state index in [-0.39, 0.29) is 10.9 Å². The first-order valence-corrected chi connectivity index (χ1v) is 8.56. The summed E-state index contributed by atoms with van der Waals surface area (Å²) in [6, 6.07) is 9.87. The Balaban J connectivity index is 2.08. The lowest BCUT2D eigenvalue weighted by atomic mass is 10.1. The van der Waals surface area contributed by atoms with Crippen LogP contribution in [0.4, 0.5) is 24.1 Å². The number of aromatic nitrogens is 2. The second-order valence-corrected chi connectivity index (χ2v) is 6.73. The summed E-state index contributed by atoms with van der Waals surface area (Å²) in [5.74, 6) is -1.69. The number of hydrogen-bond acceptors (Lipinski definition) is 7. The molecule has 0 bridgehead atoms. The van der Waals surface area contributed by atoms with Crippen molar-refractivity contribution < 1.29 is 22.7 Å². The zero-order valence-corrected chi connectivity index (χ0v) is 15.1. The molecule has 6 nitrogen and oxygen atoms in total. The molecule has 0 saturated carbocycles. The normalized spacial score (nSPS) is 13.8. The topological polar surface area (TPSA) is 76.1 Å². The molecule has 2 heterocycles. The monoisotopic (exact) mass is 396 g/mol. The third-order valence-corrected chi connectivity index (χ3v) is 4.69. The maximum absolute atomic E-state index is 14.1. The van der Waals surface area contributed by atoms with Gasteiger partial charge in [-0.3, -0.25) is 0 Å². The maximum atomic E-state index is 14.1. The molecule has 0 saturated heterocycles. The van der Waals surface area contributed by atoms with E-state index in [4.69, 9.17) is 0 Å². The van der Waals surface area contributed by atoms with Crippen molar-refractivity contribution in [3.63, 3.8) is 0 Å². The smallest absolute Gasteiger partial charge is 0.441 e. The van der Waals surface area contributed by atoms with E-state index in [0.717, 1.165) is 18.4 Å². The minimum Gasteiger partial charge on any atom is -0.466 e. The Morgan fingerprint density at radius 2 is 1.93 bits per heavy atom. The Kier molecular flexibility index (Phi) is 4.92. The lowest BCUT2D eigenvalue weighted by Gasteiger charge is -2.34. The van der Waals surface area contributed by atoms with Crippen molar-refractivity contribution in [3.05, 3.63) is 48.2 Å². The third kappa shape index (κ3) is 3.65. The largest absolute Gasteiger partial charge is 0.466 e. The number of benzene rings is 1. The van der Waals surface area contributed by atoms with Gasteiger partial charge in [0.25, 0.3) is 0 Å². The highest BCUT2D eigenvalue weighted by Crippen LogP contribution is 2.37. The summed E-state index contributed by atoms with van der Waals surface area (Å²) in [4.78, 5) is 20.3. The van der Waals surface area contributed by atoms with Crippen molar-refractivity contribution in [1.29, 1.82) is 0 Å². The van der Waals surface area contributed by atoms with Gasteiger partial charge in [0.15, 0.2) is 5.13 Å². The first-order chi connectivity index (χ1) is 12.7. The summed E-state index contributed by atoms with van der Waals surface area (Å²) < 4.78 is 47.3. The first kappa shape index (κ1) is 18.9. The van der Waals surface area contributed by atoms with Crippen LogP contribution in [0.2, 0.25) is 0 Å². The number of esters is 1. The molecule has 0 aliphatic rings. The number of alkyl halides is 3. The Morgan fingerprint density at radius 3 is 2.56 bits per heavy atom. The number of anilines is 2. The van der Waals surface area contributed by atoms with E-state index in [1.54, 1.807) is 37.3 Å². The molecule has 0 radical (unpaired) electrons. The standard InChI is InChI=1S/C17H15F3N4O2S/c1-10-7-8-21-13(9-10)23-16(14(25)26-2,17(18,19)20)24-15-22-11-5-3-4-6-12(11)27-15/h3-9H,1-2H3,(H,21,23)(H,22,24)/t16-/m0/s1. The molecular weight excluding hydrogens is 381 g/mol. The molecule has 0 aliphatic heterocycles. The molecule has 3 aromatic rings. The Morgan fingerprint density at radius 1 is 1.19 bits per heavy atom. The number of nitrogens with one attached hydrogen (secondary N) is 2. The van der Waals surface area contributed by atoms with Crippen molar-refractivity contribution >= 4 is 38.5 Å². The Hall–Kier alpha value is -2.88. The second kappa shape index (κ2) is 7.03. The molecule has 0 aliphatic carbocycles. The molecule has 0 unspecified atom stereocenters. The molecule has 0 amide bonds. The lowest BCUT2D eigenvalue weighted by Crippen LogP contribution is -2.64. The minimum absolute atomic E-state index is 0.0842. The van der Waals surface area contributed by atoms with Crippen LogP contribution in [0.3, 0.4) is 0 Å². The van der Waals surface area contributed by atoms with Crippen LogP contribution in [-0.2, 0) is 9.53 Å². The number of ether oxygens (including phenoxy) is 1. The molecule has 10 heteroatoms. The Bertz CT molecular complexity index is 943. The summed E-state index contributed by atoms with van der Waals surface area (Å²) in [6.07, 6.45) is -3.71. The van der Waals surface area contributed by atoms with Gasteiger partial charge in [0.2, 0.25) is 0 Å². The van der Waals surface area contributed by atoms with E-state index >= 15 is 0 Å². The predicted octanol–water partition coefficient (Wildman–Crippen LogP) is 3.96. The maximum Gasteiger partial charge on any atom is 0.441 e. The van der Waals surface area contributed by atoms with E-state index in [0.29, 0.717) is 15.8 Å². The number of fused-ring (bicyclic) bond motifs is 1. The van der Waals surface area contributed by atoms with Crippen molar-refractivity contribution in [2.75, 3.05) is 17.7 Å². The van der Waals surface area contributed by atoms with Crippen LogP contribution >= 0.6 is 11.3 Å². The molecule has 142 valence electrons. The SMILES string of the molecule is COC(=O)[C@](Nc1cc(C)ccn1)(Nc1nc2ccccc2s1)C(F)(F)F. The fraction of sp³-hybridized carbons (Fsp3) is 0.235. The second-order valence-electron chi connectivity index (χ2n) is 5.69. The van der Waals surface area contributed by atoms with Crippen LogP contribution < -0.4 is 10.6 Å². The number of pyridine rings is 1. The van der Waals surface area contributed by atoms with E-state index in [2.05, 4.69) is 25.3 Å². The molecule has 2 aromatic heterocycles. The summed E-state index contributed by atoms with van der Waals surface area (Å²) in [5.41, 5.74) is -2.07. The first-order valence-electron chi connectivity index (χ1n) is 7.75. The van der Waals surface area contributed by atoms with E-state index < -0.39 is 17.8 Å². The predicted molar refractivity (Wildman–Crippen MR) is 96.6 cm³/mol. The minimum atomic E-state index is -5.05. The molecule has 0 fully saturated rings. The highest BCUT2D eigenvalue weighted by molar-refractivity contribution is 7.22. The van der Waals surface area contributed by atoms with Crippen LogP contribution in [0.15, 0.2) is 42.6 Å². The van der Waals surface area contributed by atoms with Crippen LogP contribution in [0.1, 0.15) is 5.56 Å². The van der Waals surface area contributed by atoms with Crippen molar-refractivity contribution in [3.8, 4) is 0 Å². The van der Waals surface area contributed by atoms with E-state index in [9.17, 15) is 18.0 Å². The van der Waals surface area contributed by atoms with Gasteiger partial charge >= 0.3 is 17.8 Å². The summed E-state index contributed by atoms with van der Waals surface area (Å²) in [6.45, 7) is 1.70. The molecule has 1 atom stereocenters. The third-order valence-electron chi connectivity index (χ3n) is 3.74. The fourth-order valence-corrected chi connectivity index (χ4v) is 3.35. The zero-order chi connectivity index (χ0) is 19.7. The van der Waals surface area contributed by atoms with E-state index in [1.807, 2.05) is 0 Å². The number of para-hydroxylation sites is 1. The number of halogens is 3. The Labute approximate surface area is 156 Å². The summed E-state index contributed by atoms with van der Waals surface area (Å²) >= 11 is 0.991. The summed E-state index contributed by atoms with van der Waals surface area (Å²) in [5, 5.41) is 4.27. The number of rotatable bonds is 5. The number of methoxy groups -OCH3 is 1. The fourth-order valence-electron chi connectivity index (χ4n) is 2.43. The van der Waals surface area contributed by atoms with Gasteiger partial charge in [-0.25, -0.2) is 14.8 Å². The number of nitrogens with zero attached hydrogens (tertiary/aromatic N) is 2. The average Bonchev–Trinajstić information content (AvgIpc) is 3.01. The van der Waals surface area contributed by atoms with Gasteiger partial charge in [0, 0.05) is 6.20 Å². The molecule has 3 rings (SSSR count). The van der Waals surface area contributed by atoms with Crippen LogP contribution in [-0.4, -0.2) is 34.9 Å². The van der Waals surface area contributed by atoms with Crippen molar-refractivity contribution in [2.24, 2.45) is 0 Å². The van der Waals surface area contributed by atoms with Gasteiger partial charge < -0.3 is 15.4 Å². The van der Waals surface area contributed by atoms with Gasteiger partial charge in [0.1, 0.15) is 5.82 Å². The number of hydrogen-bond donors (Lipinski definition) is 2. The quantitative estimate of drug-likeness (QED) is 0.502. The van der Waals surface area contributed by atoms with Gasteiger partial charge in [-0.2, -0.15) is 13.2 Å². The van der Waals surface area contributed by atoms with Gasteiger partial charge in [0.05, 0.1) is 17.3 Å². The average molecular weight is 396 g/mol. The highest BCUT2D eigenvalue weighted by Gasteiger charge is 2.63. The van der Waals surface area contributed by atoms with E-state index in [1.165, 1.54) is 12.3 Å². The van der Waals surface area contributed by atoms with Crippen LogP contribution in [0.5, 0.6) is 0 Å². The molecule has 0 spiro atoms. The molecule has 27 heavy (non-hydrogen) atoms. The number of aryl methyl sites for hydroxylation is 1. The summed E-state index contributed by atoms with van der Waals surface area (Å²) in [7, 11) is 0.883. The van der Waals surface area contributed by atoms with Gasteiger partial charge in [-0.15, -0.1) is 0 Å². The molecule has 2 N–H and O–H groups in total. The van der Waals surface area contributed by atoms with Crippen LogP contribution in [0.25, 0.3) is 10.2 Å². The van der Waals surface area contributed by atoms with Gasteiger partial charge in [-0.05, 0) is 36.8 Å². The zero-order valence-electron chi connectivity index (χ0n) is 14.3.